The van der Waals surface area contributed by atoms with Gasteiger partial charge in [0.1, 0.15) is 11.5 Å². The number of fused-ring (bicyclic) bond motifs is 1. The molecule has 0 saturated carbocycles. The molecule has 0 aromatic carbocycles. The van der Waals surface area contributed by atoms with E-state index in [4.69, 9.17) is 0 Å². The van der Waals surface area contributed by atoms with Gasteiger partial charge in [-0.1, -0.05) is 6.08 Å². The minimum Gasteiger partial charge on any atom is -0.368 e. The lowest BCUT2D eigenvalue weighted by Gasteiger charge is -2.36. The summed E-state index contributed by atoms with van der Waals surface area (Å²) in [7, 11) is 0. The molecule has 1 atom stereocenters. The maximum absolute atomic E-state index is 13.0. The standard InChI is InChI=1S/C21H21F2N7O/c22-20(23)14-8-13(10-24-11-14)16-2-3-18-26-12-17(30(18)28-16)21(31)27-15-4-5-25-19(9-15)29-6-1-7-29/h2-4,8-12,16,20,25,28H,1,5-7H2,(H,27,31). The Morgan fingerprint density at radius 3 is 2.90 bits per heavy atom. The molecule has 31 heavy (non-hydrogen) atoms. The molecule has 3 aliphatic heterocycles. The second-order valence-corrected chi connectivity index (χ2v) is 7.52. The van der Waals surface area contributed by atoms with Crippen molar-refractivity contribution in [2.45, 2.75) is 18.9 Å². The van der Waals surface area contributed by atoms with Crippen molar-refractivity contribution >= 4 is 12.0 Å². The number of nitrogens with zero attached hydrogens (tertiary/aromatic N) is 4. The summed E-state index contributed by atoms with van der Waals surface area (Å²) in [5, 5.41) is 6.23. The van der Waals surface area contributed by atoms with Gasteiger partial charge in [0.2, 0.25) is 0 Å². The Morgan fingerprint density at radius 2 is 2.13 bits per heavy atom. The summed E-state index contributed by atoms with van der Waals surface area (Å²) >= 11 is 0. The average Bonchev–Trinajstić information content (AvgIpc) is 3.16. The van der Waals surface area contributed by atoms with E-state index in [0.717, 1.165) is 30.8 Å². The van der Waals surface area contributed by atoms with Crippen molar-refractivity contribution in [1.29, 1.82) is 0 Å². The van der Waals surface area contributed by atoms with Crippen LogP contribution in [0, 0.1) is 0 Å². The van der Waals surface area contributed by atoms with E-state index in [1.807, 2.05) is 12.2 Å². The molecule has 8 nitrogen and oxygen atoms in total. The van der Waals surface area contributed by atoms with Crippen LogP contribution in [0.2, 0.25) is 0 Å². The zero-order chi connectivity index (χ0) is 21.4. The van der Waals surface area contributed by atoms with E-state index in [1.54, 1.807) is 16.8 Å². The number of allylic oxidation sites excluding steroid dienone is 1. The minimum absolute atomic E-state index is 0.148. The number of imidazole rings is 1. The van der Waals surface area contributed by atoms with Crippen molar-refractivity contribution in [2.75, 3.05) is 25.1 Å². The van der Waals surface area contributed by atoms with Gasteiger partial charge in [-0.3, -0.25) is 9.78 Å². The number of halogens is 2. The van der Waals surface area contributed by atoms with Crippen molar-refractivity contribution in [2.24, 2.45) is 0 Å². The van der Waals surface area contributed by atoms with Crippen LogP contribution in [0.3, 0.4) is 0 Å². The highest BCUT2D eigenvalue weighted by Gasteiger charge is 2.24. The number of hydrogen-bond donors (Lipinski definition) is 3. The molecule has 1 amide bonds. The van der Waals surface area contributed by atoms with Gasteiger partial charge in [-0.05, 0) is 30.2 Å². The maximum Gasteiger partial charge on any atom is 0.275 e. The lowest BCUT2D eigenvalue weighted by Crippen LogP contribution is -2.43. The van der Waals surface area contributed by atoms with Gasteiger partial charge < -0.3 is 21.0 Å². The van der Waals surface area contributed by atoms with Crippen LogP contribution in [0.4, 0.5) is 8.78 Å². The second-order valence-electron chi connectivity index (χ2n) is 7.52. The number of carbonyl (C=O) groups is 1. The molecule has 0 bridgehead atoms. The first-order valence-electron chi connectivity index (χ1n) is 10.1. The number of carbonyl (C=O) groups excluding carboxylic acids is 1. The van der Waals surface area contributed by atoms with Crippen LogP contribution in [-0.2, 0) is 0 Å². The molecule has 2 aromatic rings. The molecule has 0 radical (unpaired) electrons. The van der Waals surface area contributed by atoms with E-state index >= 15 is 0 Å². The molecule has 2 aromatic heterocycles. The topological polar surface area (TPSA) is 87.1 Å². The first-order chi connectivity index (χ1) is 15.1. The molecular weight excluding hydrogens is 404 g/mol. The van der Waals surface area contributed by atoms with Gasteiger partial charge >= 0.3 is 0 Å². The van der Waals surface area contributed by atoms with Gasteiger partial charge in [-0.25, -0.2) is 18.4 Å². The van der Waals surface area contributed by atoms with Crippen molar-refractivity contribution < 1.29 is 13.6 Å². The third kappa shape index (κ3) is 3.76. The Kier molecular flexibility index (Phi) is 4.89. The van der Waals surface area contributed by atoms with Crippen LogP contribution < -0.4 is 16.1 Å². The van der Waals surface area contributed by atoms with Crippen LogP contribution >= 0.6 is 0 Å². The molecule has 10 heteroatoms. The van der Waals surface area contributed by atoms with Gasteiger partial charge in [-0.15, -0.1) is 0 Å². The molecule has 0 aliphatic carbocycles. The Bertz CT molecular complexity index is 1100. The smallest absolute Gasteiger partial charge is 0.275 e. The van der Waals surface area contributed by atoms with Crippen LogP contribution in [0.15, 0.2) is 54.4 Å². The number of pyridine rings is 1. The van der Waals surface area contributed by atoms with Gasteiger partial charge in [-0.2, -0.15) is 0 Å². The summed E-state index contributed by atoms with van der Waals surface area (Å²) in [6, 6.07) is 0.985. The predicted octanol–water partition coefficient (Wildman–Crippen LogP) is 2.29. The first kappa shape index (κ1) is 19.3. The number of nitrogens with one attached hydrogen (secondary N) is 3. The number of hydrogen-bond acceptors (Lipinski definition) is 6. The molecule has 3 N–H and O–H groups in total. The van der Waals surface area contributed by atoms with Gasteiger partial charge in [0.25, 0.3) is 12.3 Å². The number of dihydropyridines is 1. The van der Waals surface area contributed by atoms with Crippen LogP contribution in [0.1, 0.15) is 46.3 Å². The van der Waals surface area contributed by atoms with E-state index < -0.39 is 12.5 Å². The molecule has 3 aliphatic rings. The largest absolute Gasteiger partial charge is 0.368 e. The van der Waals surface area contributed by atoms with Crippen LogP contribution in [-0.4, -0.2) is 45.1 Å². The highest BCUT2D eigenvalue weighted by molar-refractivity contribution is 5.94. The summed E-state index contributed by atoms with van der Waals surface area (Å²) in [5.41, 5.74) is 4.62. The monoisotopic (exact) mass is 425 g/mol. The number of rotatable bonds is 5. The SMILES string of the molecule is O=C(NC1=CCNC(N2CCC2)=C1)c1cnc2n1NC(c1cncc(C(F)F)c1)C=C2. The zero-order valence-electron chi connectivity index (χ0n) is 16.6. The number of alkyl halides is 2. The zero-order valence-corrected chi connectivity index (χ0v) is 16.6. The summed E-state index contributed by atoms with van der Waals surface area (Å²) in [6.45, 7) is 2.66. The third-order valence-electron chi connectivity index (χ3n) is 5.47. The van der Waals surface area contributed by atoms with Crippen molar-refractivity contribution in [3.8, 4) is 0 Å². The summed E-state index contributed by atoms with van der Waals surface area (Å²) in [6.07, 6.45) is 10.1. The Hall–Kier alpha value is -3.69. The Labute approximate surface area is 177 Å². The fraction of sp³-hybridized carbons (Fsp3) is 0.286. The van der Waals surface area contributed by atoms with Gasteiger partial charge in [0.05, 0.1) is 12.2 Å². The fourth-order valence-corrected chi connectivity index (χ4v) is 3.66. The fourth-order valence-electron chi connectivity index (χ4n) is 3.66. The van der Waals surface area contributed by atoms with Crippen molar-refractivity contribution in [3.05, 3.63) is 77.0 Å². The Balaban J connectivity index is 1.33. The van der Waals surface area contributed by atoms with Crippen molar-refractivity contribution in [1.82, 2.24) is 30.2 Å². The summed E-state index contributed by atoms with van der Waals surface area (Å²) < 4.78 is 27.6. The molecule has 5 rings (SSSR count). The van der Waals surface area contributed by atoms with Gasteiger partial charge in [0, 0.05) is 49.4 Å². The lowest BCUT2D eigenvalue weighted by atomic mass is 10.1. The molecule has 5 heterocycles. The molecule has 0 spiro atoms. The average molecular weight is 425 g/mol. The second kappa shape index (κ2) is 7.86. The minimum atomic E-state index is -2.60. The van der Waals surface area contributed by atoms with E-state index in [1.165, 1.54) is 24.9 Å². The number of aromatic nitrogens is 3. The molecule has 1 unspecified atom stereocenters. The van der Waals surface area contributed by atoms with Gasteiger partial charge in [0.15, 0.2) is 5.82 Å². The molecule has 160 valence electrons. The highest BCUT2D eigenvalue weighted by atomic mass is 19.3. The number of likely N-dealkylation sites (tertiary alicyclic amines) is 1. The number of amides is 1. The normalized spacial score (nSPS) is 19.6. The predicted molar refractivity (Wildman–Crippen MR) is 110 cm³/mol. The quantitative estimate of drug-likeness (QED) is 0.682. The van der Waals surface area contributed by atoms with E-state index in [0.29, 0.717) is 23.6 Å². The molecule has 1 fully saturated rings. The summed E-state index contributed by atoms with van der Waals surface area (Å²) in [4.78, 5) is 23.3. The van der Waals surface area contributed by atoms with Crippen molar-refractivity contribution in [3.63, 3.8) is 0 Å². The lowest BCUT2D eigenvalue weighted by molar-refractivity contribution is 0.0958. The molecular formula is C21H21F2N7O. The van der Waals surface area contributed by atoms with Crippen LogP contribution in [0.25, 0.3) is 6.08 Å². The highest BCUT2D eigenvalue weighted by Crippen LogP contribution is 2.26. The first-order valence-corrected chi connectivity index (χ1v) is 10.1. The summed E-state index contributed by atoms with van der Waals surface area (Å²) in [5.74, 6) is 1.24. The van der Waals surface area contributed by atoms with E-state index in [9.17, 15) is 13.6 Å². The maximum atomic E-state index is 13.0. The Morgan fingerprint density at radius 1 is 1.26 bits per heavy atom. The van der Waals surface area contributed by atoms with E-state index in [2.05, 4.69) is 30.9 Å². The third-order valence-corrected chi connectivity index (χ3v) is 5.47. The van der Waals surface area contributed by atoms with E-state index in [-0.39, 0.29) is 11.5 Å². The molecule has 1 saturated heterocycles. The van der Waals surface area contributed by atoms with Crippen LogP contribution in [0.5, 0.6) is 0 Å².